The van der Waals surface area contributed by atoms with E-state index in [9.17, 15) is 5.11 Å². The first kappa shape index (κ1) is 17.9. The van der Waals surface area contributed by atoms with Crippen molar-refractivity contribution in [3.05, 3.63) is 35.9 Å². The van der Waals surface area contributed by atoms with Crippen molar-refractivity contribution < 1.29 is 5.11 Å². The van der Waals surface area contributed by atoms with E-state index in [2.05, 4.69) is 23.6 Å². The Morgan fingerprint density at radius 3 is 2.17 bits per heavy atom. The van der Waals surface area contributed by atoms with Crippen molar-refractivity contribution >= 4 is 0 Å². The van der Waals surface area contributed by atoms with Crippen molar-refractivity contribution in [2.45, 2.75) is 51.7 Å². The Hall–Kier alpha value is -0.900. The predicted octanol–water partition coefficient (Wildman–Crippen LogP) is 3.55. The molecule has 1 aliphatic carbocycles. The topological polar surface area (TPSA) is 26.7 Å². The van der Waals surface area contributed by atoms with Crippen LogP contribution in [0.2, 0.25) is 0 Å². The van der Waals surface area contributed by atoms with Gasteiger partial charge in [0.1, 0.15) is 0 Å². The van der Waals surface area contributed by atoms with Crippen molar-refractivity contribution in [1.82, 2.24) is 9.80 Å². The van der Waals surface area contributed by atoms with E-state index in [1.165, 1.54) is 38.8 Å². The summed E-state index contributed by atoms with van der Waals surface area (Å²) in [7, 11) is 0. The Bertz CT molecular complexity index is 474. The van der Waals surface area contributed by atoms with Gasteiger partial charge in [-0.05, 0) is 43.1 Å². The van der Waals surface area contributed by atoms with Crippen LogP contribution in [0, 0.1) is 11.8 Å². The molecule has 1 aromatic carbocycles. The summed E-state index contributed by atoms with van der Waals surface area (Å²) in [6.45, 7) is 10.0. The Morgan fingerprint density at radius 2 is 1.58 bits per heavy atom. The summed E-state index contributed by atoms with van der Waals surface area (Å²) >= 11 is 0. The number of hydrogen-bond donors (Lipinski definition) is 1. The molecule has 0 aromatic heterocycles. The van der Waals surface area contributed by atoms with Gasteiger partial charge in [0.15, 0.2) is 0 Å². The number of aliphatic hydroxyl groups is 1. The highest BCUT2D eigenvalue weighted by atomic mass is 16.3. The lowest BCUT2D eigenvalue weighted by molar-refractivity contribution is 0.0405. The molecule has 1 aliphatic heterocycles. The first-order valence-electron chi connectivity index (χ1n) is 9.83. The molecule has 0 amide bonds. The third-order valence-electron chi connectivity index (χ3n) is 6.22. The van der Waals surface area contributed by atoms with E-state index in [1.807, 2.05) is 30.3 Å². The number of rotatable bonds is 5. The van der Waals surface area contributed by atoms with E-state index >= 15 is 0 Å². The molecule has 1 heterocycles. The number of β-amino-alcohol motifs (C(OH)–C–C–N with tert-alkyl or cyclic N) is 1. The molecular formula is C21H34N2O. The number of piperazine rings is 1. The third-order valence-corrected chi connectivity index (χ3v) is 6.22. The second-order valence-corrected chi connectivity index (χ2v) is 8.08. The van der Waals surface area contributed by atoms with Crippen LogP contribution in [0.15, 0.2) is 30.3 Å². The van der Waals surface area contributed by atoms with Crippen LogP contribution >= 0.6 is 0 Å². The average molecular weight is 331 g/mol. The van der Waals surface area contributed by atoms with E-state index < -0.39 is 0 Å². The fraction of sp³-hybridized carbons (Fsp3) is 0.714. The summed E-state index contributed by atoms with van der Waals surface area (Å²) in [6, 6.07) is 10.9. The van der Waals surface area contributed by atoms with Crippen LogP contribution in [-0.4, -0.2) is 53.7 Å². The summed E-state index contributed by atoms with van der Waals surface area (Å²) in [4.78, 5) is 5.13. The van der Waals surface area contributed by atoms with Gasteiger partial charge in [-0.15, -0.1) is 0 Å². The maximum atomic E-state index is 10.4. The van der Waals surface area contributed by atoms with Crippen LogP contribution in [0.3, 0.4) is 0 Å². The minimum atomic E-state index is -0.362. The summed E-state index contributed by atoms with van der Waals surface area (Å²) in [6.07, 6.45) is 5.23. The fourth-order valence-electron chi connectivity index (χ4n) is 4.47. The normalized spacial score (nSPS) is 28.2. The molecule has 3 rings (SSSR count). The molecule has 0 spiro atoms. The largest absolute Gasteiger partial charge is 0.387 e. The zero-order chi connectivity index (χ0) is 16.9. The van der Waals surface area contributed by atoms with Crippen LogP contribution in [0.1, 0.15) is 51.2 Å². The zero-order valence-electron chi connectivity index (χ0n) is 15.4. The second-order valence-electron chi connectivity index (χ2n) is 8.08. The van der Waals surface area contributed by atoms with Gasteiger partial charge in [0.2, 0.25) is 0 Å². The van der Waals surface area contributed by atoms with Crippen molar-refractivity contribution in [3.63, 3.8) is 0 Å². The Balaban J connectivity index is 1.41. The van der Waals surface area contributed by atoms with Crippen molar-refractivity contribution in [3.8, 4) is 0 Å². The highest BCUT2D eigenvalue weighted by molar-refractivity contribution is 5.17. The number of nitrogens with zero attached hydrogens (tertiary/aromatic N) is 2. The fourth-order valence-corrected chi connectivity index (χ4v) is 4.47. The van der Waals surface area contributed by atoms with Gasteiger partial charge in [0.25, 0.3) is 0 Å². The van der Waals surface area contributed by atoms with Gasteiger partial charge >= 0.3 is 0 Å². The highest BCUT2D eigenvalue weighted by Gasteiger charge is 2.29. The first-order chi connectivity index (χ1) is 11.6. The average Bonchev–Trinajstić information content (AvgIpc) is 2.63. The quantitative estimate of drug-likeness (QED) is 0.894. The van der Waals surface area contributed by atoms with Gasteiger partial charge in [0.05, 0.1) is 6.10 Å². The lowest BCUT2D eigenvalue weighted by atomic mass is 9.79. The molecular weight excluding hydrogens is 296 g/mol. The number of hydrogen-bond acceptors (Lipinski definition) is 3. The lowest BCUT2D eigenvalue weighted by Gasteiger charge is -2.43. The van der Waals surface area contributed by atoms with Gasteiger partial charge in [-0.3, -0.25) is 9.80 Å². The molecule has 1 saturated heterocycles. The van der Waals surface area contributed by atoms with Crippen LogP contribution < -0.4 is 0 Å². The van der Waals surface area contributed by atoms with Gasteiger partial charge in [-0.2, -0.15) is 0 Å². The van der Waals surface area contributed by atoms with Gasteiger partial charge in [0, 0.05) is 38.8 Å². The highest BCUT2D eigenvalue weighted by Crippen LogP contribution is 2.32. The molecule has 1 unspecified atom stereocenters. The number of aliphatic hydroxyl groups excluding tert-OH is 1. The Labute approximate surface area is 147 Å². The van der Waals surface area contributed by atoms with E-state index in [1.54, 1.807) is 0 Å². The molecule has 1 saturated carbocycles. The Morgan fingerprint density at radius 1 is 0.958 bits per heavy atom. The van der Waals surface area contributed by atoms with Crippen LogP contribution in [0.4, 0.5) is 0 Å². The third kappa shape index (κ3) is 4.59. The summed E-state index contributed by atoms with van der Waals surface area (Å²) < 4.78 is 0. The lowest BCUT2D eigenvalue weighted by Crippen LogP contribution is -2.51. The summed E-state index contributed by atoms with van der Waals surface area (Å²) in [5.74, 6) is 1.80. The van der Waals surface area contributed by atoms with Crippen molar-refractivity contribution in [2.24, 2.45) is 11.8 Å². The summed E-state index contributed by atoms with van der Waals surface area (Å²) in [5.41, 5.74) is 1.03. The minimum Gasteiger partial charge on any atom is -0.387 e. The molecule has 1 aromatic rings. The number of benzene rings is 1. The van der Waals surface area contributed by atoms with Gasteiger partial charge < -0.3 is 5.11 Å². The molecule has 2 aliphatic rings. The van der Waals surface area contributed by atoms with Crippen LogP contribution in [0.25, 0.3) is 0 Å². The van der Waals surface area contributed by atoms with E-state index in [0.29, 0.717) is 0 Å². The van der Waals surface area contributed by atoms with Crippen molar-refractivity contribution in [1.29, 1.82) is 0 Å². The smallest absolute Gasteiger partial charge is 0.0916 e. The maximum Gasteiger partial charge on any atom is 0.0916 e. The molecule has 24 heavy (non-hydrogen) atoms. The van der Waals surface area contributed by atoms with Crippen LogP contribution in [0.5, 0.6) is 0 Å². The van der Waals surface area contributed by atoms with Gasteiger partial charge in [-0.25, -0.2) is 0 Å². The van der Waals surface area contributed by atoms with E-state index in [4.69, 9.17) is 0 Å². The molecule has 3 heteroatoms. The molecule has 1 atom stereocenters. The predicted molar refractivity (Wildman–Crippen MR) is 100.0 cm³/mol. The molecule has 1 N–H and O–H groups in total. The van der Waals surface area contributed by atoms with E-state index in [0.717, 1.165) is 43.1 Å². The first-order valence-corrected chi connectivity index (χ1v) is 9.83. The molecule has 0 bridgehead atoms. The molecule has 3 nitrogen and oxygen atoms in total. The second kappa shape index (κ2) is 8.46. The van der Waals surface area contributed by atoms with Crippen LogP contribution in [-0.2, 0) is 0 Å². The molecule has 134 valence electrons. The monoisotopic (exact) mass is 330 g/mol. The van der Waals surface area contributed by atoms with E-state index in [-0.39, 0.29) is 6.10 Å². The molecule has 2 fully saturated rings. The summed E-state index contributed by atoms with van der Waals surface area (Å²) in [5, 5.41) is 10.4. The van der Waals surface area contributed by atoms with Crippen molar-refractivity contribution in [2.75, 3.05) is 32.7 Å². The molecule has 0 radical (unpaired) electrons. The Kier molecular flexibility index (Phi) is 6.31. The SMILES string of the molecule is CC(C)C1CCC(N2CCN(CC(O)c3ccccc3)CC2)CC1. The standard InChI is InChI=1S/C21H34N2O/c1-17(2)18-8-10-20(11-9-18)23-14-12-22(13-15-23)16-21(24)19-6-4-3-5-7-19/h3-7,17-18,20-21,24H,8-16H2,1-2H3. The van der Waals surface area contributed by atoms with Gasteiger partial charge in [-0.1, -0.05) is 44.2 Å². The minimum absolute atomic E-state index is 0.362. The maximum absolute atomic E-state index is 10.4. The zero-order valence-corrected chi connectivity index (χ0v) is 15.4.